The molecule has 0 saturated heterocycles. The summed E-state index contributed by atoms with van der Waals surface area (Å²) < 4.78 is 4.90. The molecule has 0 aromatic heterocycles. The molecule has 148 valence electrons. The topological polar surface area (TPSA) is 84.5 Å². The van der Waals surface area contributed by atoms with Crippen molar-refractivity contribution in [2.24, 2.45) is 0 Å². The fourth-order valence-electron chi connectivity index (χ4n) is 2.04. The minimum Gasteiger partial charge on any atom is -0.454 e. The van der Waals surface area contributed by atoms with Gasteiger partial charge in [0.2, 0.25) is 0 Å². The normalized spacial score (nSPS) is 11.5. The maximum atomic E-state index is 12.1. The van der Waals surface area contributed by atoms with Crippen molar-refractivity contribution >= 4 is 69.9 Å². The lowest BCUT2D eigenvalue weighted by molar-refractivity contribution is -0.148. The van der Waals surface area contributed by atoms with Gasteiger partial charge < -0.3 is 15.4 Å². The molecule has 0 saturated carbocycles. The van der Waals surface area contributed by atoms with Crippen molar-refractivity contribution in [1.82, 2.24) is 5.32 Å². The largest absolute Gasteiger partial charge is 0.454 e. The summed E-state index contributed by atoms with van der Waals surface area (Å²) in [7, 11) is 0. The Morgan fingerprint density at radius 2 is 1.61 bits per heavy atom. The van der Waals surface area contributed by atoms with Crippen molar-refractivity contribution in [1.29, 1.82) is 0 Å². The minimum absolute atomic E-state index is 0.175. The SMILES string of the molecule is CC(NC(=O)c1ccccc1Cl)C(=O)OCC(=O)Nc1cc(Cl)c(Cl)cc1Cl. The fourth-order valence-corrected chi connectivity index (χ4v) is 2.86. The van der Waals surface area contributed by atoms with Crippen LogP contribution in [0.3, 0.4) is 0 Å². The quantitative estimate of drug-likeness (QED) is 0.484. The third-order valence-electron chi connectivity index (χ3n) is 3.45. The van der Waals surface area contributed by atoms with E-state index in [1.807, 2.05) is 0 Å². The Morgan fingerprint density at radius 1 is 0.964 bits per heavy atom. The minimum atomic E-state index is -0.995. The zero-order chi connectivity index (χ0) is 20.8. The van der Waals surface area contributed by atoms with Crippen LogP contribution in [0.25, 0.3) is 0 Å². The van der Waals surface area contributed by atoms with Gasteiger partial charge in [0, 0.05) is 0 Å². The van der Waals surface area contributed by atoms with Crippen molar-refractivity contribution in [3.63, 3.8) is 0 Å². The first-order valence-corrected chi connectivity index (χ1v) is 9.36. The van der Waals surface area contributed by atoms with Crippen molar-refractivity contribution in [3.05, 3.63) is 62.1 Å². The predicted octanol–water partition coefficient (Wildman–Crippen LogP) is 4.60. The van der Waals surface area contributed by atoms with Crippen LogP contribution in [0, 0.1) is 0 Å². The Balaban J connectivity index is 1.87. The Bertz CT molecular complexity index is 920. The molecular weight excluding hydrogens is 450 g/mol. The highest BCUT2D eigenvalue weighted by Gasteiger charge is 2.20. The Hall–Kier alpha value is -1.99. The lowest BCUT2D eigenvalue weighted by Gasteiger charge is -2.14. The molecule has 1 atom stereocenters. The lowest BCUT2D eigenvalue weighted by atomic mass is 10.2. The summed E-state index contributed by atoms with van der Waals surface area (Å²) in [5, 5.41) is 5.76. The van der Waals surface area contributed by atoms with Crippen LogP contribution in [-0.2, 0) is 14.3 Å². The number of carbonyl (C=O) groups is 3. The summed E-state index contributed by atoms with van der Waals surface area (Å²) in [6.45, 7) is 0.840. The molecule has 2 aromatic carbocycles. The van der Waals surface area contributed by atoms with Crippen LogP contribution in [0.15, 0.2) is 36.4 Å². The van der Waals surface area contributed by atoms with Gasteiger partial charge in [-0.05, 0) is 31.2 Å². The number of halogens is 4. The van der Waals surface area contributed by atoms with E-state index in [1.165, 1.54) is 25.1 Å². The van der Waals surface area contributed by atoms with E-state index in [2.05, 4.69) is 10.6 Å². The summed E-state index contributed by atoms with van der Waals surface area (Å²) in [6, 6.07) is 8.14. The van der Waals surface area contributed by atoms with Crippen molar-refractivity contribution in [2.45, 2.75) is 13.0 Å². The average molecular weight is 464 g/mol. The van der Waals surface area contributed by atoms with Gasteiger partial charge in [-0.25, -0.2) is 4.79 Å². The molecule has 0 heterocycles. The van der Waals surface area contributed by atoms with Gasteiger partial charge in [0.1, 0.15) is 6.04 Å². The maximum Gasteiger partial charge on any atom is 0.328 e. The first-order chi connectivity index (χ1) is 13.2. The molecule has 0 aliphatic rings. The van der Waals surface area contributed by atoms with E-state index in [4.69, 9.17) is 51.1 Å². The van der Waals surface area contributed by atoms with Gasteiger partial charge in [-0.15, -0.1) is 0 Å². The van der Waals surface area contributed by atoms with Crippen molar-refractivity contribution < 1.29 is 19.1 Å². The van der Waals surface area contributed by atoms with E-state index in [1.54, 1.807) is 18.2 Å². The molecule has 2 amide bonds. The van der Waals surface area contributed by atoms with Crippen LogP contribution in [0.4, 0.5) is 5.69 Å². The van der Waals surface area contributed by atoms with Crippen LogP contribution in [-0.4, -0.2) is 30.4 Å². The number of esters is 1. The van der Waals surface area contributed by atoms with Gasteiger partial charge in [-0.1, -0.05) is 58.5 Å². The van der Waals surface area contributed by atoms with E-state index in [-0.39, 0.29) is 31.3 Å². The van der Waals surface area contributed by atoms with Gasteiger partial charge in [0.25, 0.3) is 11.8 Å². The summed E-state index contributed by atoms with van der Waals surface area (Å²) in [5.41, 5.74) is 0.438. The summed E-state index contributed by atoms with van der Waals surface area (Å²) >= 11 is 23.6. The Morgan fingerprint density at radius 3 is 2.29 bits per heavy atom. The van der Waals surface area contributed by atoms with Crippen LogP contribution in [0.1, 0.15) is 17.3 Å². The lowest BCUT2D eigenvalue weighted by Crippen LogP contribution is -2.40. The molecule has 2 aromatic rings. The molecule has 0 aliphatic carbocycles. The fraction of sp³-hybridized carbons (Fsp3) is 0.167. The van der Waals surface area contributed by atoms with Crippen LogP contribution < -0.4 is 10.6 Å². The number of nitrogens with one attached hydrogen (secondary N) is 2. The highest BCUT2D eigenvalue weighted by atomic mass is 35.5. The van der Waals surface area contributed by atoms with E-state index < -0.39 is 30.4 Å². The maximum absolute atomic E-state index is 12.1. The molecule has 10 heteroatoms. The predicted molar refractivity (Wildman–Crippen MR) is 109 cm³/mol. The number of hydrogen-bond acceptors (Lipinski definition) is 4. The smallest absolute Gasteiger partial charge is 0.328 e. The third kappa shape index (κ3) is 6.01. The first kappa shape index (κ1) is 22.3. The van der Waals surface area contributed by atoms with Crippen LogP contribution in [0.5, 0.6) is 0 Å². The number of anilines is 1. The number of rotatable bonds is 6. The second kappa shape index (κ2) is 9.98. The standard InChI is InChI=1S/C18H14Cl4N2O4/c1-9(23-17(26)10-4-2-3-5-11(10)19)18(27)28-8-16(25)24-15-7-13(21)12(20)6-14(15)22/h2-7,9H,8H2,1H3,(H,23,26)(H,24,25). The molecule has 1 unspecified atom stereocenters. The number of hydrogen-bond donors (Lipinski definition) is 2. The third-order valence-corrected chi connectivity index (χ3v) is 4.81. The molecule has 0 radical (unpaired) electrons. The molecule has 0 spiro atoms. The van der Waals surface area contributed by atoms with Gasteiger partial charge in [0.15, 0.2) is 6.61 Å². The summed E-state index contributed by atoms with van der Waals surface area (Å²) in [4.78, 5) is 36.1. The Labute approximate surface area is 181 Å². The van der Waals surface area contributed by atoms with Crippen LogP contribution >= 0.6 is 46.4 Å². The summed E-state index contributed by atoms with van der Waals surface area (Å²) in [6.07, 6.45) is 0. The average Bonchev–Trinajstić information content (AvgIpc) is 2.64. The highest BCUT2D eigenvalue weighted by molar-refractivity contribution is 6.44. The number of amides is 2. The van der Waals surface area contributed by atoms with E-state index >= 15 is 0 Å². The van der Waals surface area contributed by atoms with Crippen molar-refractivity contribution in [2.75, 3.05) is 11.9 Å². The van der Waals surface area contributed by atoms with Crippen molar-refractivity contribution in [3.8, 4) is 0 Å². The number of carbonyl (C=O) groups excluding carboxylic acids is 3. The molecule has 0 aliphatic heterocycles. The second-order valence-corrected chi connectivity index (χ2v) is 7.21. The van der Waals surface area contributed by atoms with Gasteiger partial charge in [-0.3, -0.25) is 9.59 Å². The van der Waals surface area contributed by atoms with E-state index in [9.17, 15) is 14.4 Å². The van der Waals surface area contributed by atoms with Crippen LogP contribution in [0.2, 0.25) is 20.1 Å². The molecule has 6 nitrogen and oxygen atoms in total. The molecule has 28 heavy (non-hydrogen) atoms. The van der Waals surface area contributed by atoms with Gasteiger partial charge >= 0.3 is 5.97 Å². The van der Waals surface area contributed by atoms with E-state index in [0.29, 0.717) is 0 Å². The molecule has 2 rings (SSSR count). The number of ether oxygens (including phenoxy) is 1. The molecule has 0 bridgehead atoms. The summed E-state index contributed by atoms with van der Waals surface area (Å²) in [5.74, 6) is -1.98. The second-order valence-electron chi connectivity index (χ2n) is 5.58. The molecular formula is C18H14Cl4N2O4. The molecule has 2 N–H and O–H groups in total. The number of benzene rings is 2. The first-order valence-electron chi connectivity index (χ1n) is 7.85. The zero-order valence-corrected chi connectivity index (χ0v) is 17.4. The zero-order valence-electron chi connectivity index (χ0n) is 14.4. The Kier molecular flexibility index (Phi) is 7.95. The van der Waals surface area contributed by atoms with Gasteiger partial charge in [0.05, 0.1) is 31.3 Å². The van der Waals surface area contributed by atoms with Gasteiger partial charge in [-0.2, -0.15) is 0 Å². The monoisotopic (exact) mass is 462 g/mol. The van der Waals surface area contributed by atoms with E-state index in [0.717, 1.165) is 0 Å². The molecule has 0 fully saturated rings. The highest BCUT2D eigenvalue weighted by Crippen LogP contribution is 2.32.